The molecule has 0 spiro atoms. The fourth-order valence-electron chi connectivity index (χ4n) is 1.70. The van der Waals surface area contributed by atoms with E-state index in [9.17, 15) is 9.50 Å². The third-order valence-corrected chi connectivity index (χ3v) is 3.04. The monoisotopic (exact) mass is 285 g/mol. The fraction of sp³-hybridized carbons (Fsp3) is 0.250. The van der Waals surface area contributed by atoms with Gasteiger partial charge in [0.2, 0.25) is 0 Å². The number of hydrogen-bond acceptors (Lipinski definition) is 4. The molecule has 0 saturated heterocycles. The molecule has 2 atom stereocenters. The van der Waals surface area contributed by atoms with E-state index in [0.717, 1.165) is 0 Å². The number of aromatic nitrogens is 2. The Morgan fingerprint density at radius 1 is 1.47 bits per heavy atom. The van der Waals surface area contributed by atoms with E-state index in [1.165, 1.54) is 24.4 Å². The van der Waals surface area contributed by atoms with E-state index in [4.69, 9.17) is 22.4 Å². The molecule has 0 saturated carbocycles. The Labute approximate surface area is 114 Å². The van der Waals surface area contributed by atoms with Crippen LogP contribution >= 0.6 is 11.6 Å². The van der Waals surface area contributed by atoms with Gasteiger partial charge in [0.05, 0.1) is 23.8 Å². The molecule has 0 aliphatic rings. The summed E-state index contributed by atoms with van der Waals surface area (Å²) < 4.78 is 14.7. The van der Waals surface area contributed by atoms with Crippen LogP contribution in [0, 0.1) is 5.82 Å². The standard InChI is InChI=1S/C12H13ClFN3O2/c13-8-5-7(1-2-9(8)14)17-4-3-16-12(17)11(15)10(19)6-18/h1-5,10-11,18-19H,6,15H2/t10-,11+/m1/s1. The molecular weight excluding hydrogens is 273 g/mol. The first kappa shape index (κ1) is 14.0. The van der Waals surface area contributed by atoms with Crippen LogP contribution in [0.3, 0.4) is 0 Å². The third-order valence-electron chi connectivity index (χ3n) is 2.75. The molecule has 2 aromatic rings. The maximum Gasteiger partial charge on any atom is 0.141 e. The molecular formula is C12H13ClFN3O2. The lowest BCUT2D eigenvalue weighted by Gasteiger charge is -2.18. The topological polar surface area (TPSA) is 84.3 Å². The predicted octanol–water partition coefficient (Wildman–Crippen LogP) is 1.02. The number of benzene rings is 1. The first-order chi connectivity index (χ1) is 9.04. The van der Waals surface area contributed by atoms with Crippen molar-refractivity contribution in [2.45, 2.75) is 12.1 Å². The van der Waals surface area contributed by atoms with Crippen LogP contribution in [0.1, 0.15) is 11.9 Å². The van der Waals surface area contributed by atoms with E-state index >= 15 is 0 Å². The van der Waals surface area contributed by atoms with Crippen molar-refractivity contribution >= 4 is 11.6 Å². The molecule has 1 aromatic carbocycles. The second kappa shape index (κ2) is 5.66. The van der Waals surface area contributed by atoms with Gasteiger partial charge in [-0.1, -0.05) is 11.6 Å². The summed E-state index contributed by atoms with van der Waals surface area (Å²) in [6.07, 6.45) is 1.98. The number of rotatable bonds is 4. The van der Waals surface area contributed by atoms with E-state index in [0.29, 0.717) is 11.5 Å². The summed E-state index contributed by atoms with van der Waals surface area (Å²) in [6.45, 7) is -0.474. The highest BCUT2D eigenvalue weighted by Gasteiger charge is 2.21. The van der Waals surface area contributed by atoms with Crippen LogP contribution in [0.25, 0.3) is 5.69 Å². The number of aliphatic hydroxyl groups excluding tert-OH is 2. The van der Waals surface area contributed by atoms with Gasteiger partial charge in [-0.05, 0) is 18.2 Å². The Balaban J connectivity index is 2.41. The Morgan fingerprint density at radius 2 is 2.21 bits per heavy atom. The van der Waals surface area contributed by atoms with Gasteiger partial charge in [-0.25, -0.2) is 9.37 Å². The van der Waals surface area contributed by atoms with Crippen LogP contribution in [0.15, 0.2) is 30.6 Å². The Hall–Kier alpha value is -1.47. The smallest absolute Gasteiger partial charge is 0.141 e. The highest BCUT2D eigenvalue weighted by Crippen LogP contribution is 2.22. The molecule has 102 valence electrons. The van der Waals surface area contributed by atoms with Crippen LogP contribution < -0.4 is 5.73 Å². The van der Waals surface area contributed by atoms with Crippen molar-refractivity contribution in [1.82, 2.24) is 9.55 Å². The molecule has 5 nitrogen and oxygen atoms in total. The minimum Gasteiger partial charge on any atom is -0.394 e. The summed E-state index contributed by atoms with van der Waals surface area (Å²) in [7, 11) is 0. The quantitative estimate of drug-likeness (QED) is 0.783. The van der Waals surface area contributed by atoms with E-state index in [1.807, 2.05) is 0 Å². The van der Waals surface area contributed by atoms with Crippen molar-refractivity contribution < 1.29 is 14.6 Å². The fourth-order valence-corrected chi connectivity index (χ4v) is 1.88. The van der Waals surface area contributed by atoms with E-state index < -0.39 is 24.6 Å². The van der Waals surface area contributed by atoms with Crippen molar-refractivity contribution in [1.29, 1.82) is 0 Å². The molecule has 0 radical (unpaired) electrons. The second-order valence-electron chi connectivity index (χ2n) is 4.03. The maximum absolute atomic E-state index is 13.1. The predicted molar refractivity (Wildman–Crippen MR) is 68.6 cm³/mol. The zero-order chi connectivity index (χ0) is 14.0. The number of hydrogen-bond donors (Lipinski definition) is 3. The van der Waals surface area contributed by atoms with Crippen LogP contribution in [0.4, 0.5) is 4.39 Å². The number of nitrogens with two attached hydrogens (primary N) is 1. The van der Waals surface area contributed by atoms with E-state index in [-0.39, 0.29) is 5.02 Å². The lowest BCUT2D eigenvalue weighted by molar-refractivity contribution is 0.0714. The Morgan fingerprint density at radius 3 is 2.84 bits per heavy atom. The average molecular weight is 286 g/mol. The first-order valence-electron chi connectivity index (χ1n) is 5.57. The van der Waals surface area contributed by atoms with Crippen LogP contribution in [0.2, 0.25) is 5.02 Å². The molecule has 19 heavy (non-hydrogen) atoms. The molecule has 1 aromatic heterocycles. The summed E-state index contributed by atoms with van der Waals surface area (Å²) in [5.41, 5.74) is 6.37. The zero-order valence-electron chi connectivity index (χ0n) is 9.87. The van der Waals surface area contributed by atoms with Gasteiger partial charge >= 0.3 is 0 Å². The molecule has 0 amide bonds. The summed E-state index contributed by atoms with van der Waals surface area (Å²) in [5, 5.41) is 18.4. The Kier molecular flexibility index (Phi) is 4.16. The van der Waals surface area contributed by atoms with Crippen molar-refractivity contribution in [3.05, 3.63) is 47.3 Å². The van der Waals surface area contributed by atoms with E-state index in [1.54, 1.807) is 10.8 Å². The molecule has 1 heterocycles. The number of aliphatic hydroxyl groups is 2. The molecule has 0 bridgehead atoms. The Bertz CT molecular complexity index is 576. The SMILES string of the molecule is N[C@H](c1nccn1-c1ccc(F)c(Cl)c1)[C@H](O)CO. The minimum absolute atomic E-state index is 0.0200. The van der Waals surface area contributed by atoms with Crippen molar-refractivity contribution in [3.63, 3.8) is 0 Å². The van der Waals surface area contributed by atoms with Gasteiger partial charge < -0.3 is 20.5 Å². The summed E-state index contributed by atoms with van der Waals surface area (Å²) >= 11 is 5.72. The highest BCUT2D eigenvalue weighted by atomic mass is 35.5. The first-order valence-corrected chi connectivity index (χ1v) is 5.95. The summed E-state index contributed by atoms with van der Waals surface area (Å²) in [5.74, 6) is -0.170. The van der Waals surface area contributed by atoms with Crippen LogP contribution in [-0.2, 0) is 0 Å². The number of halogens is 2. The van der Waals surface area contributed by atoms with Gasteiger partial charge in [0, 0.05) is 18.1 Å². The van der Waals surface area contributed by atoms with Gasteiger partial charge in [0.1, 0.15) is 11.6 Å². The minimum atomic E-state index is -1.13. The third kappa shape index (κ3) is 2.76. The van der Waals surface area contributed by atoms with Crippen molar-refractivity contribution in [2.24, 2.45) is 5.73 Å². The van der Waals surface area contributed by atoms with Gasteiger partial charge in [-0.3, -0.25) is 0 Å². The molecule has 0 aliphatic carbocycles. The number of nitrogens with zero attached hydrogens (tertiary/aromatic N) is 2. The molecule has 2 rings (SSSR count). The lowest BCUT2D eigenvalue weighted by Crippen LogP contribution is -2.31. The summed E-state index contributed by atoms with van der Waals surface area (Å²) in [6, 6.07) is 3.32. The molecule has 7 heteroatoms. The number of imidazole rings is 1. The molecule has 0 unspecified atom stereocenters. The van der Waals surface area contributed by atoms with Crippen LogP contribution in [-0.4, -0.2) is 32.5 Å². The zero-order valence-corrected chi connectivity index (χ0v) is 10.6. The second-order valence-corrected chi connectivity index (χ2v) is 4.44. The highest BCUT2D eigenvalue weighted by molar-refractivity contribution is 6.30. The molecule has 0 fully saturated rings. The average Bonchev–Trinajstić information content (AvgIpc) is 2.89. The van der Waals surface area contributed by atoms with Gasteiger partial charge in [0.15, 0.2) is 0 Å². The maximum atomic E-state index is 13.1. The summed E-state index contributed by atoms with van der Waals surface area (Å²) in [4.78, 5) is 4.04. The lowest BCUT2D eigenvalue weighted by atomic mass is 10.1. The van der Waals surface area contributed by atoms with Crippen molar-refractivity contribution in [2.75, 3.05) is 6.61 Å². The van der Waals surface area contributed by atoms with E-state index in [2.05, 4.69) is 4.98 Å². The molecule has 4 N–H and O–H groups in total. The largest absolute Gasteiger partial charge is 0.394 e. The van der Waals surface area contributed by atoms with Gasteiger partial charge in [0.25, 0.3) is 0 Å². The van der Waals surface area contributed by atoms with Crippen molar-refractivity contribution in [3.8, 4) is 5.69 Å². The van der Waals surface area contributed by atoms with Crippen LogP contribution in [0.5, 0.6) is 0 Å². The van der Waals surface area contributed by atoms with Gasteiger partial charge in [-0.15, -0.1) is 0 Å². The van der Waals surface area contributed by atoms with Gasteiger partial charge in [-0.2, -0.15) is 0 Å². The molecule has 0 aliphatic heterocycles. The normalized spacial score (nSPS) is 14.4.